The summed E-state index contributed by atoms with van der Waals surface area (Å²) in [5.74, 6) is -0.879. The Kier molecular flexibility index (Phi) is 4.29. The number of H-pyrrole nitrogens is 1. The van der Waals surface area contributed by atoms with Gasteiger partial charge in [-0.25, -0.2) is 4.39 Å². The molecule has 0 saturated heterocycles. The van der Waals surface area contributed by atoms with Crippen LogP contribution >= 0.6 is 0 Å². The van der Waals surface area contributed by atoms with Gasteiger partial charge in [-0.3, -0.25) is 14.4 Å². The van der Waals surface area contributed by atoms with Crippen molar-refractivity contribution < 1.29 is 14.0 Å². The summed E-state index contributed by atoms with van der Waals surface area (Å²) in [5.41, 5.74) is 0.956. The molecule has 6 heteroatoms. The highest BCUT2D eigenvalue weighted by atomic mass is 19.1. The summed E-state index contributed by atoms with van der Waals surface area (Å²) in [6.45, 7) is 2.04. The molecule has 1 aromatic heterocycles. The van der Waals surface area contributed by atoms with Gasteiger partial charge in [0.1, 0.15) is 11.4 Å². The molecule has 0 bridgehead atoms. The Balaban J connectivity index is 1.81. The fourth-order valence-electron chi connectivity index (χ4n) is 2.92. The summed E-state index contributed by atoms with van der Waals surface area (Å²) in [4.78, 5) is 39.1. The van der Waals surface area contributed by atoms with Gasteiger partial charge in [0.15, 0.2) is 5.78 Å². The number of carbonyl (C=O) groups excluding carboxylic acids is 2. The second-order valence-corrected chi connectivity index (χ2v) is 6.15. The molecule has 3 rings (SSSR count). The van der Waals surface area contributed by atoms with Gasteiger partial charge in [0.05, 0.1) is 0 Å². The first kappa shape index (κ1) is 16.1. The highest BCUT2D eigenvalue weighted by Crippen LogP contribution is 2.23. The lowest BCUT2D eigenvalue weighted by Crippen LogP contribution is -2.32. The van der Waals surface area contributed by atoms with Crippen LogP contribution in [-0.2, 0) is 13.0 Å². The molecular formula is C18H17FN2O3. The minimum atomic E-state index is -0.588. The number of rotatable bonds is 3. The van der Waals surface area contributed by atoms with Crippen molar-refractivity contribution in [3.8, 4) is 0 Å². The zero-order valence-corrected chi connectivity index (χ0v) is 13.2. The summed E-state index contributed by atoms with van der Waals surface area (Å²) >= 11 is 0. The molecule has 24 heavy (non-hydrogen) atoms. The van der Waals surface area contributed by atoms with Gasteiger partial charge < -0.3 is 10.3 Å². The number of carbonyl (C=O) groups is 2. The quantitative estimate of drug-likeness (QED) is 0.906. The molecule has 1 aromatic carbocycles. The third kappa shape index (κ3) is 3.27. The third-order valence-corrected chi connectivity index (χ3v) is 4.10. The average Bonchev–Trinajstić information content (AvgIpc) is 2.52. The Morgan fingerprint density at radius 2 is 2.08 bits per heavy atom. The van der Waals surface area contributed by atoms with Gasteiger partial charge >= 0.3 is 0 Å². The first-order valence-electron chi connectivity index (χ1n) is 7.76. The van der Waals surface area contributed by atoms with E-state index in [2.05, 4.69) is 10.3 Å². The van der Waals surface area contributed by atoms with Crippen molar-refractivity contribution in [3.63, 3.8) is 0 Å². The van der Waals surface area contributed by atoms with Gasteiger partial charge in [-0.15, -0.1) is 0 Å². The van der Waals surface area contributed by atoms with Crippen LogP contribution in [0.5, 0.6) is 0 Å². The van der Waals surface area contributed by atoms with E-state index >= 15 is 0 Å². The number of aromatic amines is 1. The number of aromatic nitrogens is 1. The van der Waals surface area contributed by atoms with Gasteiger partial charge in [0, 0.05) is 24.2 Å². The summed E-state index contributed by atoms with van der Waals surface area (Å²) in [6, 6.07) is 7.20. The van der Waals surface area contributed by atoms with Crippen molar-refractivity contribution in [1.29, 1.82) is 0 Å². The second kappa shape index (κ2) is 6.39. The van der Waals surface area contributed by atoms with E-state index in [9.17, 15) is 18.8 Å². The highest BCUT2D eigenvalue weighted by molar-refractivity contribution is 6.01. The maximum absolute atomic E-state index is 13.1. The molecule has 0 fully saturated rings. The molecule has 1 heterocycles. The zero-order valence-electron chi connectivity index (χ0n) is 13.2. The third-order valence-electron chi connectivity index (χ3n) is 4.10. The van der Waals surface area contributed by atoms with Crippen LogP contribution in [0, 0.1) is 11.7 Å². The number of nitrogens with one attached hydrogen (secondary N) is 2. The van der Waals surface area contributed by atoms with Crippen molar-refractivity contribution in [3.05, 3.63) is 68.9 Å². The standard InChI is InChI=1S/C18H17FN2O3/c1-10-5-15-13(16(22)6-10)8-14(18(24)21-15)17(23)20-9-11-3-2-4-12(19)7-11/h2-4,7-8,10H,5-6,9H2,1H3,(H,20,23)(H,21,24). The number of halogens is 1. The molecule has 0 spiro atoms. The SMILES string of the molecule is CC1CC(=O)c2cc(C(=O)NCc3cccc(F)c3)c(=O)[nH]c2C1. The number of pyridine rings is 1. The van der Waals surface area contributed by atoms with Crippen LogP contribution in [0.25, 0.3) is 0 Å². The Morgan fingerprint density at radius 3 is 2.83 bits per heavy atom. The number of ketones is 1. The lowest BCUT2D eigenvalue weighted by Gasteiger charge is -2.20. The summed E-state index contributed by atoms with van der Waals surface area (Å²) in [6.07, 6.45) is 1.02. The van der Waals surface area contributed by atoms with Crippen LogP contribution < -0.4 is 10.9 Å². The van der Waals surface area contributed by atoms with E-state index in [4.69, 9.17) is 0 Å². The van der Waals surface area contributed by atoms with E-state index < -0.39 is 17.3 Å². The molecule has 124 valence electrons. The van der Waals surface area contributed by atoms with E-state index in [1.807, 2.05) is 6.92 Å². The topological polar surface area (TPSA) is 79.0 Å². The largest absolute Gasteiger partial charge is 0.348 e. The van der Waals surface area contributed by atoms with Gasteiger partial charge in [0.25, 0.3) is 11.5 Å². The molecule has 1 aliphatic carbocycles. The predicted molar refractivity (Wildman–Crippen MR) is 86.4 cm³/mol. The van der Waals surface area contributed by atoms with E-state index in [-0.39, 0.29) is 23.8 Å². The number of fused-ring (bicyclic) bond motifs is 1. The van der Waals surface area contributed by atoms with E-state index in [1.54, 1.807) is 12.1 Å². The summed E-state index contributed by atoms with van der Waals surface area (Å²) in [7, 11) is 0. The molecule has 1 amide bonds. The van der Waals surface area contributed by atoms with Crippen LogP contribution in [0.1, 0.15) is 45.3 Å². The molecule has 2 N–H and O–H groups in total. The molecule has 1 unspecified atom stereocenters. The fraction of sp³-hybridized carbons (Fsp3) is 0.278. The zero-order chi connectivity index (χ0) is 17.3. The van der Waals surface area contributed by atoms with Gasteiger partial charge in [-0.1, -0.05) is 19.1 Å². The van der Waals surface area contributed by atoms with Crippen molar-refractivity contribution in [2.75, 3.05) is 0 Å². The maximum atomic E-state index is 13.1. The predicted octanol–water partition coefficient (Wildman–Crippen LogP) is 2.21. The van der Waals surface area contributed by atoms with E-state index in [0.717, 1.165) is 0 Å². The molecule has 0 saturated carbocycles. The molecule has 1 aliphatic rings. The Bertz CT molecular complexity index is 873. The number of Topliss-reactive ketones (excluding diaryl/α,β-unsaturated/α-hetero) is 1. The smallest absolute Gasteiger partial charge is 0.261 e. The van der Waals surface area contributed by atoms with Crippen LogP contribution in [0.4, 0.5) is 4.39 Å². The Hall–Kier alpha value is -2.76. The molecule has 2 aromatic rings. The van der Waals surface area contributed by atoms with E-state index in [1.165, 1.54) is 18.2 Å². The monoisotopic (exact) mass is 328 g/mol. The second-order valence-electron chi connectivity index (χ2n) is 6.15. The molecule has 0 aliphatic heterocycles. The van der Waals surface area contributed by atoms with Crippen LogP contribution in [-0.4, -0.2) is 16.7 Å². The fourth-order valence-corrected chi connectivity index (χ4v) is 2.92. The van der Waals surface area contributed by atoms with Crippen molar-refractivity contribution in [1.82, 2.24) is 10.3 Å². The number of hydrogen-bond donors (Lipinski definition) is 2. The van der Waals surface area contributed by atoms with Crippen LogP contribution in [0.15, 0.2) is 35.1 Å². The number of benzene rings is 1. The Morgan fingerprint density at radius 1 is 1.29 bits per heavy atom. The Labute approximate surface area is 137 Å². The minimum absolute atomic E-state index is 0.0702. The van der Waals surface area contributed by atoms with Crippen molar-refractivity contribution in [2.45, 2.75) is 26.3 Å². The lowest BCUT2D eigenvalue weighted by molar-refractivity contribution is 0.0949. The maximum Gasteiger partial charge on any atom is 0.261 e. The average molecular weight is 328 g/mol. The molecule has 1 atom stereocenters. The van der Waals surface area contributed by atoms with Crippen LogP contribution in [0.3, 0.4) is 0 Å². The van der Waals surface area contributed by atoms with Gasteiger partial charge in [-0.05, 0) is 36.1 Å². The normalized spacial score (nSPS) is 16.6. The summed E-state index contributed by atoms with van der Waals surface area (Å²) < 4.78 is 13.1. The molecule has 0 radical (unpaired) electrons. The minimum Gasteiger partial charge on any atom is -0.348 e. The van der Waals surface area contributed by atoms with E-state index in [0.29, 0.717) is 29.7 Å². The molecule has 5 nitrogen and oxygen atoms in total. The van der Waals surface area contributed by atoms with Gasteiger partial charge in [0.2, 0.25) is 0 Å². The first-order chi connectivity index (χ1) is 11.4. The van der Waals surface area contributed by atoms with Crippen molar-refractivity contribution in [2.24, 2.45) is 5.92 Å². The van der Waals surface area contributed by atoms with Crippen LogP contribution in [0.2, 0.25) is 0 Å². The lowest BCUT2D eigenvalue weighted by atomic mass is 9.86. The van der Waals surface area contributed by atoms with Gasteiger partial charge in [-0.2, -0.15) is 0 Å². The number of amides is 1. The first-order valence-corrected chi connectivity index (χ1v) is 7.76. The molecular weight excluding hydrogens is 311 g/mol. The number of hydrogen-bond acceptors (Lipinski definition) is 3. The summed E-state index contributed by atoms with van der Waals surface area (Å²) in [5, 5.41) is 2.58. The highest BCUT2D eigenvalue weighted by Gasteiger charge is 2.25. The van der Waals surface area contributed by atoms with Crippen molar-refractivity contribution >= 4 is 11.7 Å².